The molecule has 2 aliphatic rings. The first-order chi connectivity index (χ1) is 12.9. The van der Waals surface area contributed by atoms with E-state index in [1.807, 2.05) is 42.4 Å². The van der Waals surface area contributed by atoms with Crippen molar-refractivity contribution in [2.75, 3.05) is 13.1 Å². The van der Waals surface area contributed by atoms with E-state index < -0.39 is 0 Å². The smallest absolute Gasteiger partial charge is 0.263 e. The van der Waals surface area contributed by atoms with Crippen molar-refractivity contribution in [2.24, 2.45) is 5.92 Å². The van der Waals surface area contributed by atoms with Gasteiger partial charge in [0, 0.05) is 49.6 Å². The Balaban J connectivity index is 1.70. The summed E-state index contributed by atoms with van der Waals surface area (Å²) in [5.74, 6) is 0.218. The lowest BCUT2D eigenvalue weighted by atomic mass is 9.83. The van der Waals surface area contributed by atoms with Crippen molar-refractivity contribution >= 4 is 5.91 Å². The van der Waals surface area contributed by atoms with Crippen LogP contribution in [0.1, 0.15) is 46.6 Å². The molecule has 0 radical (unpaired) electrons. The Labute approximate surface area is 158 Å². The summed E-state index contributed by atoms with van der Waals surface area (Å²) in [6, 6.07) is 7.28. The molecular weight excluding hydrogens is 342 g/mol. The second kappa shape index (κ2) is 6.51. The third kappa shape index (κ3) is 2.83. The average molecular weight is 367 g/mol. The van der Waals surface area contributed by atoms with E-state index >= 15 is 0 Å². The Hall–Kier alpha value is -2.63. The van der Waals surface area contributed by atoms with Gasteiger partial charge in [0.1, 0.15) is 5.56 Å². The number of piperidine rings is 1. The van der Waals surface area contributed by atoms with E-state index in [0.717, 1.165) is 23.4 Å². The molecule has 0 N–H and O–H groups in total. The zero-order valence-electron chi connectivity index (χ0n) is 16.1. The van der Waals surface area contributed by atoms with Crippen LogP contribution in [0.15, 0.2) is 33.9 Å². The first-order valence-corrected chi connectivity index (χ1v) is 9.60. The van der Waals surface area contributed by atoms with Crippen molar-refractivity contribution in [3.05, 3.63) is 67.5 Å². The first kappa shape index (κ1) is 17.8. The van der Waals surface area contributed by atoms with E-state index in [1.165, 1.54) is 0 Å². The molecule has 0 spiro atoms. The third-order valence-corrected chi connectivity index (χ3v) is 6.00. The number of fused-ring (bicyclic) bond motifs is 4. The number of nitrogens with zero attached hydrogens (tertiary/aromatic N) is 3. The highest BCUT2D eigenvalue weighted by atomic mass is 16.2. The zero-order chi connectivity index (χ0) is 19.3. The number of carbonyl (C=O) groups excluding carboxylic acids is 1. The summed E-state index contributed by atoms with van der Waals surface area (Å²) < 4.78 is 3.50. The van der Waals surface area contributed by atoms with Crippen LogP contribution in [-0.4, -0.2) is 33.0 Å². The normalized spacial score (nSPS) is 21.1. The quantitative estimate of drug-likeness (QED) is 0.814. The van der Waals surface area contributed by atoms with Crippen LogP contribution in [0.5, 0.6) is 0 Å². The average Bonchev–Trinajstić information content (AvgIpc) is 2.62. The molecule has 0 aliphatic carbocycles. The van der Waals surface area contributed by atoms with Crippen LogP contribution in [0, 0.1) is 19.8 Å². The highest BCUT2D eigenvalue weighted by molar-refractivity contribution is 5.95. The van der Waals surface area contributed by atoms with Crippen molar-refractivity contribution in [1.82, 2.24) is 14.0 Å². The largest absolute Gasteiger partial charge is 0.337 e. The van der Waals surface area contributed by atoms with Crippen LogP contribution in [0.25, 0.3) is 0 Å². The molecule has 2 aromatic heterocycles. The maximum atomic E-state index is 13.3. The Morgan fingerprint density at radius 3 is 2.67 bits per heavy atom. The lowest BCUT2D eigenvalue weighted by Crippen LogP contribution is -2.50. The van der Waals surface area contributed by atoms with Crippen LogP contribution in [0.3, 0.4) is 0 Å². The maximum Gasteiger partial charge on any atom is 0.263 e. The monoisotopic (exact) mass is 367 g/mol. The van der Waals surface area contributed by atoms with Gasteiger partial charge in [-0.05, 0) is 50.8 Å². The molecule has 0 saturated carbocycles. The minimum Gasteiger partial charge on any atom is -0.337 e. The molecule has 2 bridgehead atoms. The molecule has 1 fully saturated rings. The summed E-state index contributed by atoms with van der Waals surface area (Å²) in [6.45, 7) is 7.98. The minimum absolute atomic E-state index is 0.0298. The van der Waals surface area contributed by atoms with Crippen LogP contribution in [0.4, 0.5) is 0 Å². The number of carbonyl (C=O) groups is 1. The predicted octanol–water partition coefficient (Wildman–Crippen LogP) is 1.91. The Morgan fingerprint density at radius 2 is 1.93 bits per heavy atom. The van der Waals surface area contributed by atoms with Gasteiger partial charge in [-0.25, -0.2) is 0 Å². The Bertz CT molecular complexity index is 1030. The Kier molecular flexibility index (Phi) is 4.29. The van der Waals surface area contributed by atoms with E-state index in [1.54, 1.807) is 16.7 Å². The SMILES string of the molecule is CCn1c(C)cc(C)c(C(=O)N2CC3CC(C2)c2cccc(=O)n2C3)c1=O. The fourth-order valence-electron chi connectivity index (χ4n) is 4.80. The van der Waals surface area contributed by atoms with E-state index in [9.17, 15) is 14.4 Å². The van der Waals surface area contributed by atoms with Crippen molar-refractivity contribution in [3.8, 4) is 0 Å². The van der Waals surface area contributed by atoms with E-state index in [2.05, 4.69) is 0 Å². The molecule has 6 nitrogen and oxygen atoms in total. The number of hydrogen-bond donors (Lipinski definition) is 0. The van der Waals surface area contributed by atoms with Crippen molar-refractivity contribution in [2.45, 2.75) is 46.2 Å². The van der Waals surface area contributed by atoms with Crippen molar-refractivity contribution in [1.29, 1.82) is 0 Å². The highest BCUT2D eigenvalue weighted by Gasteiger charge is 2.37. The molecule has 2 unspecified atom stereocenters. The zero-order valence-corrected chi connectivity index (χ0v) is 16.1. The summed E-state index contributed by atoms with van der Waals surface area (Å²) in [5, 5.41) is 0. The third-order valence-electron chi connectivity index (χ3n) is 6.00. The van der Waals surface area contributed by atoms with Gasteiger partial charge in [0.2, 0.25) is 0 Å². The topological polar surface area (TPSA) is 64.3 Å². The molecule has 27 heavy (non-hydrogen) atoms. The summed E-state index contributed by atoms with van der Waals surface area (Å²) in [4.78, 5) is 40.1. The number of aryl methyl sites for hydroxylation is 2. The predicted molar refractivity (Wildman–Crippen MR) is 103 cm³/mol. The Morgan fingerprint density at radius 1 is 1.15 bits per heavy atom. The molecule has 2 aromatic rings. The second-order valence-electron chi connectivity index (χ2n) is 7.80. The number of rotatable bonds is 2. The number of aromatic nitrogens is 2. The van der Waals surface area contributed by atoms with Gasteiger partial charge in [0.15, 0.2) is 0 Å². The van der Waals surface area contributed by atoms with Gasteiger partial charge >= 0.3 is 0 Å². The van der Waals surface area contributed by atoms with Gasteiger partial charge in [-0.3, -0.25) is 14.4 Å². The molecule has 1 amide bonds. The maximum absolute atomic E-state index is 13.3. The molecule has 4 rings (SSSR count). The number of hydrogen-bond acceptors (Lipinski definition) is 3. The minimum atomic E-state index is -0.202. The van der Waals surface area contributed by atoms with E-state index in [0.29, 0.717) is 26.2 Å². The summed E-state index contributed by atoms with van der Waals surface area (Å²) in [6.07, 6.45) is 0.985. The fourth-order valence-corrected chi connectivity index (χ4v) is 4.80. The van der Waals surface area contributed by atoms with Crippen LogP contribution in [0.2, 0.25) is 0 Å². The number of likely N-dealkylation sites (tertiary alicyclic amines) is 1. The molecule has 1 saturated heterocycles. The van der Waals surface area contributed by atoms with Crippen molar-refractivity contribution in [3.63, 3.8) is 0 Å². The second-order valence-corrected chi connectivity index (χ2v) is 7.80. The molecule has 2 aliphatic heterocycles. The van der Waals surface area contributed by atoms with Gasteiger partial charge in [0.05, 0.1) is 0 Å². The molecule has 4 heterocycles. The molecular formula is C21H25N3O3. The van der Waals surface area contributed by atoms with Crippen LogP contribution >= 0.6 is 0 Å². The number of amides is 1. The van der Waals surface area contributed by atoms with Crippen molar-refractivity contribution < 1.29 is 4.79 Å². The highest BCUT2D eigenvalue weighted by Crippen LogP contribution is 2.35. The summed E-state index contributed by atoms with van der Waals surface area (Å²) in [7, 11) is 0. The van der Waals surface area contributed by atoms with E-state index in [4.69, 9.17) is 0 Å². The van der Waals surface area contributed by atoms with Gasteiger partial charge in [0.25, 0.3) is 17.0 Å². The van der Waals surface area contributed by atoms with Crippen LogP contribution < -0.4 is 11.1 Å². The molecule has 142 valence electrons. The summed E-state index contributed by atoms with van der Waals surface area (Å²) >= 11 is 0. The molecule has 2 atom stereocenters. The van der Waals surface area contributed by atoms with E-state index in [-0.39, 0.29) is 34.4 Å². The summed E-state index contributed by atoms with van der Waals surface area (Å²) in [5.41, 5.74) is 2.73. The van der Waals surface area contributed by atoms with Crippen LogP contribution in [-0.2, 0) is 13.1 Å². The standard InChI is InChI=1S/C21H25N3O3/c1-4-23-14(3)8-13(2)19(21(23)27)20(26)22-10-15-9-16(12-22)17-6-5-7-18(25)24(17)11-15/h5-8,15-16H,4,9-12H2,1-3H3. The number of pyridine rings is 2. The van der Waals surface area contributed by atoms with Gasteiger partial charge < -0.3 is 14.0 Å². The molecule has 0 aromatic carbocycles. The van der Waals surface area contributed by atoms with Gasteiger partial charge in [-0.15, -0.1) is 0 Å². The lowest BCUT2D eigenvalue weighted by molar-refractivity contribution is 0.0591. The molecule has 6 heteroatoms. The first-order valence-electron chi connectivity index (χ1n) is 9.60. The fraction of sp³-hybridized carbons (Fsp3) is 0.476. The lowest BCUT2D eigenvalue weighted by Gasteiger charge is -2.42. The van der Waals surface area contributed by atoms with Gasteiger partial charge in [-0.2, -0.15) is 0 Å². The van der Waals surface area contributed by atoms with Gasteiger partial charge in [-0.1, -0.05) is 6.07 Å².